The summed E-state index contributed by atoms with van der Waals surface area (Å²) in [7, 11) is 0. The SMILES string of the molecule is O=C(N/N=C/c1cc(Cl)cc([N+](=O)[O-])c1O)c1ccccc1Cl. The summed E-state index contributed by atoms with van der Waals surface area (Å²) in [5.41, 5.74) is 1.85. The maximum absolute atomic E-state index is 11.9. The van der Waals surface area contributed by atoms with Crippen molar-refractivity contribution in [1.82, 2.24) is 5.43 Å². The number of phenolic OH excluding ortho intramolecular Hbond substituents is 1. The van der Waals surface area contributed by atoms with Crippen LogP contribution in [-0.2, 0) is 0 Å². The first-order valence-electron chi connectivity index (χ1n) is 6.15. The Labute approximate surface area is 140 Å². The number of nitrogens with one attached hydrogen (secondary N) is 1. The second-order valence-electron chi connectivity index (χ2n) is 4.30. The van der Waals surface area contributed by atoms with Gasteiger partial charge in [-0.05, 0) is 18.2 Å². The van der Waals surface area contributed by atoms with Crippen molar-refractivity contribution in [2.45, 2.75) is 0 Å². The molecule has 0 heterocycles. The summed E-state index contributed by atoms with van der Waals surface area (Å²) >= 11 is 11.6. The van der Waals surface area contributed by atoms with Gasteiger partial charge in [-0.1, -0.05) is 35.3 Å². The van der Waals surface area contributed by atoms with Crippen LogP contribution in [0.3, 0.4) is 0 Å². The average molecular weight is 354 g/mol. The molecule has 0 radical (unpaired) electrons. The Morgan fingerprint density at radius 2 is 2.00 bits per heavy atom. The van der Waals surface area contributed by atoms with Gasteiger partial charge in [0.2, 0.25) is 5.75 Å². The number of benzene rings is 2. The van der Waals surface area contributed by atoms with Crippen molar-refractivity contribution in [3.05, 3.63) is 67.7 Å². The number of nitrogens with zero attached hydrogens (tertiary/aromatic N) is 2. The van der Waals surface area contributed by atoms with Crippen LogP contribution in [0.4, 0.5) is 5.69 Å². The predicted octanol–water partition coefficient (Wildman–Crippen LogP) is 3.37. The highest BCUT2D eigenvalue weighted by molar-refractivity contribution is 6.33. The van der Waals surface area contributed by atoms with Crippen LogP contribution in [0.15, 0.2) is 41.5 Å². The summed E-state index contributed by atoms with van der Waals surface area (Å²) in [6.45, 7) is 0. The Morgan fingerprint density at radius 1 is 1.30 bits per heavy atom. The molecule has 0 atom stereocenters. The minimum Gasteiger partial charge on any atom is -0.502 e. The van der Waals surface area contributed by atoms with Crippen LogP contribution in [0, 0.1) is 10.1 Å². The molecule has 2 N–H and O–H groups in total. The van der Waals surface area contributed by atoms with Crippen molar-refractivity contribution in [3.8, 4) is 5.75 Å². The molecular formula is C14H9Cl2N3O4. The number of hydrazone groups is 1. The third-order valence-corrected chi connectivity index (χ3v) is 3.32. The molecule has 0 aromatic heterocycles. The molecule has 0 aliphatic carbocycles. The normalized spacial score (nSPS) is 10.7. The van der Waals surface area contributed by atoms with E-state index in [1.807, 2.05) is 0 Å². The Morgan fingerprint density at radius 3 is 2.65 bits per heavy atom. The molecule has 2 aromatic carbocycles. The number of rotatable bonds is 4. The number of hydrogen-bond donors (Lipinski definition) is 2. The van der Waals surface area contributed by atoms with Crippen LogP contribution < -0.4 is 5.43 Å². The summed E-state index contributed by atoms with van der Waals surface area (Å²) < 4.78 is 0. The lowest BCUT2D eigenvalue weighted by Gasteiger charge is -2.03. The van der Waals surface area contributed by atoms with Crippen LogP contribution >= 0.6 is 23.2 Å². The summed E-state index contributed by atoms with van der Waals surface area (Å²) in [6, 6.07) is 8.65. The molecule has 0 bridgehead atoms. The fraction of sp³-hybridized carbons (Fsp3) is 0. The minimum atomic E-state index is -0.777. The Hall–Kier alpha value is -2.64. The third-order valence-electron chi connectivity index (χ3n) is 2.77. The number of amides is 1. The van der Waals surface area contributed by atoms with Crippen LogP contribution in [0.1, 0.15) is 15.9 Å². The molecule has 0 aliphatic rings. The van der Waals surface area contributed by atoms with E-state index in [-0.39, 0.29) is 21.2 Å². The highest BCUT2D eigenvalue weighted by Gasteiger charge is 2.17. The van der Waals surface area contributed by atoms with Crippen molar-refractivity contribution in [3.63, 3.8) is 0 Å². The van der Waals surface area contributed by atoms with E-state index in [2.05, 4.69) is 10.5 Å². The second kappa shape index (κ2) is 7.08. The fourth-order valence-corrected chi connectivity index (χ4v) is 2.15. The molecule has 1 amide bonds. The smallest absolute Gasteiger partial charge is 0.312 e. The molecule has 9 heteroatoms. The van der Waals surface area contributed by atoms with E-state index < -0.39 is 22.3 Å². The van der Waals surface area contributed by atoms with E-state index in [4.69, 9.17) is 23.2 Å². The van der Waals surface area contributed by atoms with Crippen LogP contribution in [0.2, 0.25) is 10.0 Å². The fourth-order valence-electron chi connectivity index (χ4n) is 1.71. The summed E-state index contributed by atoms with van der Waals surface area (Å²) in [5, 5.41) is 24.5. The maximum atomic E-state index is 11.9. The van der Waals surface area contributed by atoms with Gasteiger partial charge in [-0.2, -0.15) is 5.10 Å². The highest BCUT2D eigenvalue weighted by Crippen LogP contribution is 2.32. The number of nitro benzene ring substituents is 1. The van der Waals surface area contributed by atoms with Crippen molar-refractivity contribution >= 4 is 41.0 Å². The number of halogens is 2. The number of nitro groups is 1. The predicted molar refractivity (Wildman–Crippen MR) is 86.3 cm³/mol. The van der Waals surface area contributed by atoms with E-state index in [9.17, 15) is 20.0 Å². The maximum Gasteiger partial charge on any atom is 0.312 e. The quantitative estimate of drug-likeness (QED) is 0.499. The van der Waals surface area contributed by atoms with Crippen molar-refractivity contribution in [2.75, 3.05) is 0 Å². The molecule has 118 valence electrons. The molecule has 2 aromatic rings. The Balaban J connectivity index is 2.20. The number of carbonyl (C=O) groups is 1. The molecule has 0 aliphatic heterocycles. The van der Waals surface area contributed by atoms with Gasteiger partial charge < -0.3 is 5.11 Å². The first kappa shape index (κ1) is 16.7. The van der Waals surface area contributed by atoms with Gasteiger partial charge in [0.15, 0.2) is 0 Å². The van der Waals surface area contributed by atoms with Gasteiger partial charge in [-0.25, -0.2) is 5.43 Å². The molecule has 0 fully saturated rings. The first-order valence-corrected chi connectivity index (χ1v) is 6.90. The average Bonchev–Trinajstić information content (AvgIpc) is 2.50. The van der Waals surface area contributed by atoms with Gasteiger partial charge in [0.05, 0.1) is 21.7 Å². The van der Waals surface area contributed by atoms with Crippen molar-refractivity contribution < 1.29 is 14.8 Å². The lowest BCUT2D eigenvalue weighted by molar-refractivity contribution is -0.385. The zero-order chi connectivity index (χ0) is 17.0. The largest absolute Gasteiger partial charge is 0.502 e. The van der Waals surface area contributed by atoms with Gasteiger partial charge >= 0.3 is 5.69 Å². The first-order chi connectivity index (χ1) is 10.9. The Kier molecular flexibility index (Phi) is 5.15. The van der Waals surface area contributed by atoms with Gasteiger partial charge in [-0.3, -0.25) is 14.9 Å². The molecule has 23 heavy (non-hydrogen) atoms. The molecule has 7 nitrogen and oxygen atoms in total. The molecule has 0 unspecified atom stereocenters. The number of hydrogen-bond acceptors (Lipinski definition) is 5. The minimum absolute atomic E-state index is 0.0105. The standard InChI is InChI=1S/C14H9Cl2N3O4/c15-9-5-8(13(20)12(6-9)19(22)23)7-17-18-14(21)10-3-1-2-4-11(10)16/h1-7,20H,(H,18,21)/b17-7+. The monoisotopic (exact) mass is 353 g/mol. The van der Waals surface area contributed by atoms with E-state index >= 15 is 0 Å². The zero-order valence-electron chi connectivity index (χ0n) is 11.4. The van der Waals surface area contributed by atoms with Gasteiger partial charge in [0.1, 0.15) is 0 Å². The third kappa shape index (κ3) is 3.97. The van der Waals surface area contributed by atoms with Gasteiger partial charge in [0, 0.05) is 16.7 Å². The van der Waals surface area contributed by atoms with E-state index in [1.165, 1.54) is 12.1 Å². The lowest BCUT2D eigenvalue weighted by Crippen LogP contribution is -2.17. The highest BCUT2D eigenvalue weighted by atomic mass is 35.5. The van der Waals surface area contributed by atoms with E-state index in [0.717, 1.165) is 12.3 Å². The van der Waals surface area contributed by atoms with Gasteiger partial charge in [0.25, 0.3) is 5.91 Å². The molecule has 0 saturated carbocycles. The lowest BCUT2D eigenvalue weighted by atomic mass is 10.2. The summed E-state index contributed by atoms with van der Waals surface area (Å²) in [6.07, 6.45) is 1.04. The van der Waals surface area contributed by atoms with Crippen molar-refractivity contribution in [2.24, 2.45) is 5.10 Å². The second-order valence-corrected chi connectivity index (χ2v) is 5.14. The van der Waals surface area contributed by atoms with Gasteiger partial charge in [-0.15, -0.1) is 0 Å². The Bertz CT molecular complexity index is 809. The van der Waals surface area contributed by atoms with E-state index in [0.29, 0.717) is 0 Å². The number of aromatic hydroxyl groups is 1. The number of carbonyl (C=O) groups excluding carboxylic acids is 1. The molecular weight excluding hydrogens is 345 g/mol. The van der Waals surface area contributed by atoms with E-state index in [1.54, 1.807) is 18.2 Å². The van der Waals surface area contributed by atoms with Crippen LogP contribution in [0.5, 0.6) is 5.75 Å². The molecule has 0 saturated heterocycles. The van der Waals surface area contributed by atoms with Crippen LogP contribution in [0.25, 0.3) is 0 Å². The summed E-state index contributed by atoms with van der Waals surface area (Å²) in [4.78, 5) is 21.9. The topological polar surface area (TPSA) is 105 Å². The summed E-state index contributed by atoms with van der Waals surface area (Å²) in [5.74, 6) is -1.17. The zero-order valence-corrected chi connectivity index (χ0v) is 12.9. The number of phenols is 1. The van der Waals surface area contributed by atoms with Crippen molar-refractivity contribution in [1.29, 1.82) is 0 Å². The van der Waals surface area contributed by atoms with Crippen LogP contribution in [-0.4, -0.2) is 22.2 Å². The molecule has 0 spiro atoms. The molecule has 2 rings (SSSR count).